The summed E-state index contributed by atoms with van der Waals surface area (Å²) in [5.74, 6) is 0. The number of allylic oxidation sites excluding steroid dienone is 1. The highest BCUT2D eigenvalue weighted by Gasteiger charge is 2.11. The van der Waals surface area contributed by atoms with Crippen LogP contribution < -0.4 is 5.32 Å². The molecule has 1 saturated heterocycles. The first kappa shape index (κ1) is 15.0. The van der Waals surface area contributed by atoms with Crippen molar-refractivity contribution in [1.82, 2.24) is 5.32 Å². The average Bonchev–Trinajstić information content (AvgIpc) is 2.84. The summed E-state index contributed by atoms with van der Waals surface area (Å²) in [6.45, 7) is 3.05. The molecule has 1 N–H and O–H groups in total. The molecule has 6 nitrogen and oxygen atoms in total. The molecule has 1 rings (SSSR count). The van der Waals surface area contributed by atoms with Crippen molar-refractivity contribution in [3.05, 3.63) is 20.7 Å². The quantitative estimate of drug-likeness (QED) is 0.436. The fraction of sp³-hybridized carbons (Fsp3) is 0.727. The summed E-state index contributed by atoms with van der Waals surface area (Å²) in [7, 11) is 0. The Kier molecular flexibility index (Phi) is 6.74. The molecule has 18 heavy (non-hydrogen) atoms. The van der Waals surface area contributed by atoms with Gasteiger partial charge in [0.05, 0.1) is 0 Å². The van der Waals surface area contributed by atoms with Crippen LogP contribution in [0.4, 0.5) is 0 Å². The molecule has 0 bridgehead atoms. The highest BCUT2D eigenvalue weighted by atomic mass is 32.2. The molecule has 0 aromatic rings. The molecular formula is C11H19N3O3S. The van der Waals surface area contributed by atoms with Gasteiger partial charge in [-0.2, -0.15) is 0 Å². The van der Waals surface area contributed by atoms with Crippen LogP contribution in [-0.2, 0) is 4.84 Å². The van der Waals surface area contributed by atoms with Crippen LogP contribution in [0.25, 0.3) is 0 Å². The van der Waals surface area contributed by atoms with Crippen molar-refractivity contribution in [2.24, 2.45) is 4.99 Å². The van der Waals surface area contributed by atoms with E-state index in [1.165, 1.54) is 6.42 Å². The lowest BCUT2D eigenvalue weighted by atomic mass is 10.2. The normalized spacial score (nSPS) is 21.1. The van der Waals surface area contributed by atoms with E-state index in [9.17, 15) is 10.1 Å². The monoisotopic (exact) mass is 273 g/mol. The minimum atomic E-state index is -0.765. The molecule has 1 unspecified atom stereocenters. The third-order valence-electron chi connectivity index (χ3n) is 2.72. The molecule has 0 amide bonds. The zero-order valence-electron chi connectivity index (χ0n) is 10.7. The second-order valence-electron chi connectivity index (χ2n) is 4.00. The fourth-order valence-corrected chi connectivity index (χ4v) is 2.39. The predicted molar refractivity (Wildman–Crippen MR) is 73.3 cm³/mol. The maximum Gasteiger partial charge on any atom is 0.294 e. The Bertz CT molecular complexity index is 338. The lowest BCUT2D eigenvalue weighted by molar-refractivity contribution is -0.757. The SMILES string of the molecule is CS/C(CCO[N+](=O)[O-])=C(/C)N=CC1CCCN1. The van der Waals surface area contributed by atoms with Crippen LogP contribution in [-0.4, -0.2) is 36.8 Å². The van der Waals surface area contributed by atoms with Crippen molar-refractivity contribution < 1.29 is 9.92 Å². The lowest BCUT2D eigenvalue weighted by Gasteiger charge is -2.07. The van der Waals surface area contributed by atoms with Crippen LogP contribution in [0.2, 0.25) is 0 Å². The topological polar surface area (TPSA) is 76.8 Å². The average molecular weight is 273 g/mol. The van der Waals surface area contributed by atoms with E-state index in [1.54, 1.807) is 11.8 Å². The molecule has 102 valence electrons. The lowest BCUT2D eigenvalue weighted by Crippen LogP contribution is -2.22. The first-order valence-corrected chi connectivity index (χ1v) is 7.14. The number of hydrogen-bond acceptors (Lipinski definition) is 6. The molecule has 0 radical (unpaired) electrons. The van der Waals surface area contributed by atoms with E-state index in [0.717, 1.165) is 23.6 Å². The number of nitrogens with one attached hydrogen (secondary N) is 1. The summed E-state index contributed by atoms with van der Waals surface area (Å²) < 4.78 is 0. The summed E-state index contributed by atoms with van der Waals surface area (Å²) in [6, 6.07) is 0.359. The van der Waals surface area contributed by atoms with Gasteiger partial charge >= 0.3 is 0 Å². The summed E-state index contributed by atoms with van der Waals surface area (Å²) in [4.78, 5) is 19.8. The molecule has 0 spiro atoms. The van der Waals surface area contributed by atoms with E-state index >= 15 is 0 Å². The minimum absolute atomic E-state index is 0.0811. The molecule has 0 aliphatic carbocycles. The van der Waals surface area contributed by atoms with Gasteiger partial charge in [0.2, 0.25) is 0 Å². The number of rotatable bonds is 7. The van der Waals surface area contributed by atoms with Crippen molar-refractivity contribution in [3.63, 3.8) is 0 Å². The molecule has 1 atom stereocenters. The van der Waals surface area contributed by atoms with Gasteiger partial charge in [-0.3, -0.25) is 4.99 Å². The van der Waals surface area contributed by atoms with Gasteiger partial charge in [-0.15, -0.1) is 21.9 Å². The van der Waals surface area contributed by atoms with Gasteiger partial charge in [-0.05, 0) is 32.6 Å². The minimum Gasteiger partial charge on any atom is -0.314 e. The van der Waals surface area contributed by atoms with Gasteiger partial charge in [0.15, 0.2) is 0 Å². The molecule has 7 heteroatoms. The Hall–Kier alpha value is -1.08. The number of hydrogen-bond donors (Lipinski definition) is 1. The maximum atomic E-state index is 10.1. The second-order valence-corrected chi connectivity index (χ2v) is 4.90. The zero-order valence-corrected chi connectivity index (χ0v) is 11.5. The molecular weight excluding hydrogens is 254 g/mol. The van der Waals surface area contributed by atoms with Gasteiger partial charge in [0.1, 0.15) is 6.61 Å². The first-order chi connectivity index (χ1) is 8.63. The summed E-state index contributed by atoms with van der Waals surface area (Å²) in [5.41, 5.74) is 0.906. The van der Waals surface area contributed by atoms with Gasteiger partial charge in [0.25, 0.3) is 5.09 Å². The molecule has 0 aromatic heterocycles. The van der Waals surface area contributed by atoms with Crippen LogP contribution in [0.1, 0.15) is 26.2 Å². The van der Waals surface area contributed by atoms with Gasteiger partial charge in [-0.25, -0.2) is 0 Å². The van der Waals surface area contributed by atoms with Gasteiger partial charge in [0, 0.05) is 29.3 Å². The van der Waals surface area contributed by atoms with E-state index in [2.05, 4.69) is 15.1 Å². The summed E-state index contributed by atoms with van der Waals surface area (Å²) >= 11 is 1.56. The van der Waals surface area contributed by atoms with Crippen LogP contribution in [0.3, 0.4) is 0 Å². The fourth-order valence-electron chi connectivity index (χ4n) is 1.76. The smallest absolute Gasteiger partial charge is 0.294 e. The highest BCUT2D eigenvalue weighted by molar-refractivity contribution is 8.02. The Morgan fingerprint density at radius 2 is 2.50 bits per heavy atom. The third-order valence-corrected chi connectivity index (χ3v) is 3.71. The summed E-state index contributed by atoms with van der Waals surface area (Å²) in [6.07, 6.45) is 6.69. The third kappa shape index (κ3) is 5.50. The van der Waals surface area contributed by atoms with E-state index in [4.69, 9.17) is 0 Å². The van der Waals surface area contributed by atoms with Crippen molar-refractivity contribution in [2.75, 3.05) is 19.4 Å². The Morgan fingerprint density at radius 3 is 3.06 bits per heavy atom. The first-order valence-electron chi connectivity index (χ1n) is 5.92. The van der Waals surface area contributed by atoms with Crippen LogP contribution in [0, 0.1) is 10.1 Å². The van der Waals surface area contributed by atoms with E-state index in [-0.39, 0.29) is 6.61 Å². The molecule has 0 saturated carbocycles. The zero-order chi connectivity index (χ0) is 13.4. The van der Waals surface area contributed by atoms with Crippen LogP contribution in [0.5, 0.6) is 0 Å². The Labute approximate surface area is 111 Å². The summed E-state index contributed by atoms with van der Waals surface area (Å²) in [5, 5.41) is 12.6. The van der Waals surface area contributed by atoms with Crippen LogP contribution >= 0.6 is 11.8 Å². The Morgan fingerprint density at radius 1 is 1.72 bits per heavy atom. The molecule has 1 heterocycles. The number of thioether (sulfide) groups is 1. The van der Waals surface area contributed by atoms with Gasteiger partial charge in [-0.1, -0.05) is 0 Å². The number of aliphatic imine (C=N–C) groups is 1. The Balaban J connectivity index is 2.47. The van der Waals surface area contributed by atoms with E-state index in [1.807, 2.05) is 19.4 Å². The molecule has 1 aliphatic rings. The second kappa shape index (κ2) is 8.10. The van der Waals surface area contributed by atoms with Crippen LogP contribution in [0.15, 0.2) is 15.6 Å². The largest absolute Gasteiger partial charge is 0.314 e. The molecule has 0 aromatic carbocycles. The number of nitrogens with zero attached hydrogens (tertiary/aromatic N) is 2. The standard InChI is InChI=1S/C11H19N3O3S/c1-9(13-8-10-4-3-6-12-10)11(18-2)5-7-17-14(15)16/h8,10,12H,3-7H2,1-2H3/b11-9-,13-8?. The molecule has 1 aliphatic heterocycles. The maximum absolute atomic E-state index is 10.1. The van der Waals surface area contributed by atoms with Gasteiger partial charge < -0.3 is 10.2 Å². The predicted octanol–water partition coefficient (Wildman–Crippen LogP) is 2.00. The van der Waals surface area contributed by atoms with E-state index < -0.39 is 5.09 Å². The van der Waals surface area contributed by atoms with Crippen molar-refractivity contribution in [2.45, 2.75) is 32.2 Å². The van der Waals surface area contributed by atoms with Crippen molar-refractivity contribution in [1.29, 1.82) is 0 Å². The van der Waals surface area contributed by atoms with Crippen molar-refractivity contribution in [3.8, 4) is 0 Å². The van der Waals surface area contributed by atoms with Crippen molar-refractivity contribution >= 4 is 18.0 Å². The molecule has 1 fully saturated rings. The van der Waals surface area contributed by atoms with E-state index in [0.29, 0.717) is 12.5 Å². The highest BCUT2D eigenvalue weighted by Crippen LogP contribution is 2.21.